The van der Waals surface area contributed by atoms with E-state index in [4.69, 9.17) is 9.47 Å². The highest BCUT2D eigenvalue weighted by atomic mass is 35.5. The lowest BCUT2D eigenvalue weighted by atomic mass is 10.0. The second-order valence-electron chi connectivity index (χ2n) is 6.06. The fourth-order valence-corrected chi connectivity index (χ4v) is 3.05. The third-order valence-corrected chi connectivity index (χ3v) is 4.39. The molecule has 24 heavy (non-hydrogen) atoms. The summed E-state index contributed by atoms with van der Waals surface area (Å²) in [6, 6.07) is 17.2. The van der Waals surface area contributed by atoms with Gasteiger partial charge in [-0.2, -0.15) is 0 Å². The number of rotatable bonds is 7. The average molecular weight is 348 g/mol. The first kappa shape index (κ1) is 18.6. The van der Waals surface area contributed by atoms with Crippen LogP contribution < -0.4 is 14.8 Å². The van der Waals surface area contributed by atoms with Gasteiger partial charge in [0.2, 0.25) is 0 Å². The summed E-state index contributed by atoms with van der Waals surface area (Å²) in [5.74, 6) is 1.93. The fraction of sp³-hybridized carbons (Fsp3) is 0.400. The van der Waals surface area contributed by atoms with Gasteiger partial charge >= 0.3 is 0 Å². The van der Waals surface area contributed by atoms with Crippen LogP contribution in [0.2, 0.25) is 0 Å². The number of aryl methyl sites for hydroxylation is 2. The number of hydrogen-bond acceptors (Lipinski definition) is 3. The van der Waals surface area contributed by atoms with Gasteiger partial charge in [0.25, 0.3) is 0 Å². The summed E-state index contributed by atoms with van der Waals surface area (Å²) in [6.07, 6.45) is 4.43. The monoisotopic (exact) mass is 347 g/mol. The van der Waals surface area contributed by atoms with Crippen molar-refractivity contribution in [3.8, 4) is 11.5 Å². The SMILES string of the molecule is COc1cccc(CCc2ccccc2OC[C@@H]2CCCN2)c1.Cl. The highest BCUT2D eigenvalue weighted by Gasteiger charge is 2.15. The van der Waals surface area contributed by atoms with Crippen LogP contribution in [0, 0.1) is 0 Å². The Bertz CT molecular complexity index is 627. The lowest BCUT2D eigenvalue weighted by Crippen LogP contribution is -2.28. The van der Waals surface area contributed by atoms with E-state index in [2.05, 4.69) is 35.6 Å². The molecule has 1 N–H and O–H groups in total. The molecule has 1 aliphatic rings. The molecule has 1 atom stereocenters. The molecule has 0 amide bonds. The maximum Gasteiger partial charge on any atom is 0.122 e. The van der Waals surface area contributed by atoms with E-state index < -0.39 is 0 Å². The van der Waals surface area contributed by atoms with E-state index in [9.17, 15) is 0 Å². The Morgan fingerprint density at radius 1 is 1.08 bits per heavy atom. The molecule has 0 unspecified atom stereocenters. The van der Waals surface area contributed by atoms with Gasteiger partial charge in [-0.1, -0.05) is 30.3 Å². The zero-order valence-electron chi connectivity index (χ0n) is 14.2. The van der Waals surface area contributed by atoms with Crippen molar-refractivity contribution in [2.75, 3.05) is 20.3 Å². The van der Waals surface area contributed by atoms with Gasteiger partial charge in [-0.3, -0.25) is 0 Å². The first-order chi connectivity index (χ1) is 11.3. The Hall–Kier alpha value is -1.71. The molecule has 130 valence electrons. The molecule has 0 aromatic heterocycles. The van der Waals surface area contributed by atoms with Crippen LogP contribution in [0.1, 0.15) is 24.0 Å². The molecular weight excluding hydrogens is 322 g/mol. The Labute approximate surface area is 150 Å². The molecule has 4 heteroatoms. The summed E-state index contributed by atoms with van der Waals surface area (Å²) in [5.41, 5.74) is 2.56. The number of ether oxygens (including phenoxy) is 2. The molecule has 2 aromatic carbocycles. The summed E-state index contributed by atoms with van der Waals surface area (Å²) in [5, 5.41) is 3.48. The molecule has 2 aromatic rings. The topological polar surface area (TPSA) is 30.5 Å². The number of nitrogens with one attached hydrogen (secondary N) is 1. The number of halogens is 1. The molecule has 1 fully saturated rings. The van der Waals surface area contributed by atoms with Gasteiger partial charge < -0.3 is 14.8 Å². The van der Waals surface area contributed by atoms with Crippen LogP contribution in [0.25, 0.3) is 0 Å². The van der Waals surface area contributed by atoms with Crippen LogP contribution >= 0.6 is 12.4 Å². The largest absolute Gasteiger partial charge is 0.497 e. The average Bonchev–Trinajstić information content (AvgIpc) is 3.12. The Morgan fingerprint density at radius 3 is 2.75 bits per heavy atom. The van der Waals surface area contributed by atoms with E-state index in [1.54, 1.807) is 7.11 Å². The maximum absolute atomic E-state index is 6.07. The lowest BCUT2D eigenvalue weighted by molar-refractivity contribution is 0.274. The van der Waals surface area contributed by atoms with Crippen LogP contribution in [0.3, 0.4) is 0 Å². The molecule has 1 saturated heterocycles. The molecule has 1 aliphatic heterocycles. The molecule has 0 saturated carbocycles. The van der Waals surface area contributed by atoms with Gasteiger partial charge in [-0.05, 0) is 61.6 Å². The van der Waals surface area contributed by atoms with Gasteiger partial charge in [0.1, 0.15) is 18.1 Å². The second-order valence-corrected chi connectivity index (χ2v) is 6.06. The van der Waals surface area contributed by atoms with Crippen molar-refractivity contribution in [2.45, 2.75) is 31.7 Å². The van der Waals surface area contributed by atoms with Crippen molar-refractivity contribution in [2.24, 2.45) is 0 Å². The molecular formula is C20H26ClNO2. The maximum atomic E-state index is 6.07. The highest BCUT2D eigenvalue weighted by molar-refractivity contribution is 5.85. The van der Waals surface area contributed by atoms with E-state index >= 15 is 0 Å². The minimum absolute atomic E-state index is 0. The normalized spacial score (nSPS) is 16.5. The minimum Gasteiger partial charge on any atom is -0.497 e. The number of hydrogen-bond donors (Lipinski definition) is 1. The van der Waals surface area contributed by atoms with Gasteiger partial charge in [0.05, 0.1) is 7.11 Å². The number of methoxy groups -OCH3 is 1. The summed E-state index contributed by atoms with van der Waals surface area (Å²) < 4.78 is 11.4. The summed E-state index contributed by atoms with van der Waals surface area (Å²) >= 11 is 0. The predicted molar refractivity (Wildman–Crippen MR) is 101 cm³/mol. The van der Waals surface area contributed by atoms with E-state index in [-0.39, 0.29) is 12.4 Å². The second kappa shape index (κ2) is 9.55. The Kier molecular flexibility index (Phi) is 7.41. The standard InChI is InChI=1S/C20H25NO2.ClH/c1-22-19-9-4-6-16(14-19)11-12-17-7-2-3-10-20(17)23-15-18-8-5-13-21-18;/h2-4,6-7,9-10,14,18,21H,5,8,11-13,15H2,1H3;1H/t18-;/m0./s1. The van der Waals surface area contributed by atoms with Crippen LogP contribution in [-0.4, -0.2) is 26.3 Å². The van der Waals surface area contributed by atoms with Gasteiger partial charge in [-0.25, -0.2) is 0 Å². The summed E-state index contributed by atoms with van der Waals surface area (Å²) in [7, 11) is 1.71. The van der Waals surface area contributed by atoms with E-state index in [0.717, 1.165) is 37.5 Å². The van der Waals surface area contributed by atoms with Crippen LogP contribution in [-0.2, 0) is 12.8 Å². The van der Waals surface area contributed by atoms with Gasteiger partial charge in [0.15, 0.2) is 0 Å². The first-order valence-corrected chi connectivity index (χ1v) is 8.42. The molecule has 3 nitrogen and oxygen atoms in total. The van der Waals surface area contributed by atoms with E-state index in [1.165, 1.54) is 24.0 Å². The van der Waals surface area contributed by atoms with Crippen LogP contribution in [0.4, 0.5) is 0 Å². The molecule has 0 bridgehead atoms. The Balaban J connectivity index is 0.00000208. The molecule has 3 rings (SSSR count). The van der Waals surface area contributed by atoms with Crippen LogP contribution in [0.15, 0.2) is 48.5 Å². The summed E-state index contributed by atoms with van der Waals surface area (Å²) in [4.78, 5) is 0. The Morgan fingerprint density at radius 2 is 1.96 bits per heavy atom. The molecule has 0 spiro atoms. The fourth-order valence-electron chi connectivity index (χ4n) is 3.05. The summed E-state index contributed by atoms with van der Waals surface area (Å²) in [6.45, 7) is 1.88. The molecule has 0 aliphatic carbocycles. The van der Waals surface area contributed by atoms with E-state index in [0.29, 0.717) is 6.04 Å². The number of benzene rings is 2. The number of para-hydroxylation sites is 1. The van der Waals surface area contributed by atoms with Crippen molar-refractivity contribution < 1.29 is 9.47 Å². The third kappa shape index (κ3) is 5.15. The lowest BCUT2D eigenvalue weighted by Gasteiger charge is -2.15. The molecule has 0 radical (unpaired) electrons. The quantitative estimate of drug-likeness (QED) is 0.820. The van der Waals surface area contributed by atoms with E-state index in [1.807, 2.05) is 18.2 Å². The minimum atomic E-state index is 0. The smallest absolute Gasteiger partial charge is 0.122 e. The third-order valence-electron chi connectivity index (χ3n) is 4.39. The van der Waals surface area contributed by atoms with Crippen molar-refractivity contribution in [3.63, 3.8) is 0 Å². The molecule has 1 heterocycles. The highest BCUT2D eigenvalue weighted by Crippen LogP contribution is 2.22. The van der Waals surface area contributed by atoms with Crippen molar-refractivity contribution in [1.29, 1.82) is 0 Å². The zero-order valence-corrected chi connectivity index (χ0v) is 15.0. The van der Waals surface area contributed by atoms with Crippen LogP contribution in [0.5, 0.6) is 11.5 Å². The van der Waals surface area contributed by atoms with Gasteiger partial charge in [0, 0.05) is 6.04 Å². The van der Waals surface area contributed by atoms with Crippen molar-refractivity contribution >= 4 is 12.4 Å². The first-order valence-electron chi connectivity index (χ1n) is 8.42. The van der Waals surface area contributed by atoms with Crippen molar-refractivity contribution in [3.05, 3.63) is 59.7 Å². The van der Waals surface area contributed by atoms with Gasteiger partial charge in [-0.15, -0.1) is 12.4 Å². The van der Waals surface area contributed by atoms with Crippen molar-refractivity contribution in [1.82, 2.24) is 5.32 Å². The zero-order chi connectivity index (χ0) is 15.9. The predicted octanol–water partition coefficient (Wildman–Crippen LogP) is 4.03.